The lowest BCUT2D eigenvalue weighted by Gasteiger charge is -2.28. The molecule has 4 N–H and O–H groups in total. The van der Waals surface area contributed by atoms with Gasteiger partial charge < -0.3 is 15.8 Å². The summed E-state index contributed by atoms with van der Waals surface area (Å²) in [5.41, 5.74) is 10.2. The highest BCUT2D eigenvalue weighted by atomic mass is 35.5. The fraction of sp³-hybridized carbons (Fsp3) is 0.625. The molecule has 162 valence electrons. The average Bonchev–Trinajstić information content (AvgIpc) is 3.10. The molecule has 1 aromatic carbocycles. The van der Waals surface area contributed by atoms with E-state index in [2.05, 4.69) is 63.6 Å². The summed E-state index contributed by atoms with van der Waals surface area (Å²) in [6.07, 6.45) is 8.15. The van der Waals surface area contributed by atoms with Gasteiger partial charge in [-0.2, -0.15) is 0 Å². The van der Waals surface area contributed by atoms with Crippen molar-refractivity contribution in [2.75, 3.05) is 0 Å². The molecule has 0 saturated heterocycles. The van der Waals surface area contributed by atoms with E-state index < -0.39 is 0 Å². The number of hydrogen-bond acceptors (Lipinski definition) is 3. The monoisotopic (exact) mass is 419 g/mol. The van der Waals surface area contributed by atoms with Gasteiger partial charge in [0, 0.05) is 16.7 Å². The third kappa shape index (κ3) is 5.16. The number of benzene rings is 1. The molecule has 1 saturated carbocycles. The first-order valence-corrected chi connectivity index (χ1v) is 10.7. The van der Waals surface area contributed by atoms with Gasteiger partial charge in [-0.15, -0.1) is 12.4 Å². The zero-order chi connectivity index (χ0) is 20.7. The fourth-order valence-corrected chi connectivity index (χ4v) is 4.30. The number of phenols is 1. The van der Waals surface area contributed by atoms with Gasteiger partial charge in [0.1, 0.15) is 11.6 Å². The number of aromatic nitrogens is 2. The molecule has 0 amide bonds. The van der Waals surface area contributed by atoms with Crippen molar-refractivity contribution in [3.63, 3.8) is 0 Å². The van der Waals surface area contributed by atoms with Gasteiger partial charge in [-0.05, 0) is 41.7 Å². The Morgan fingerprint density at radius 1 is 1.00 bits per heavy atom. The minimum absolute atomic E-state index is 0. The van der Waals surface area contributed by atoms with Crippen LogP contribution in [0, 0.1) is 5.92 Å². The standard InChI is InChI=1S/C24H37N3O.ClH/c1-23(2,3)17-12-16(13-18(21(17)28)24(4,5)6)19-14-26-22(27-19)20(25)15-10-8-7-9-11-15;/h12-15,20,28H,7-11,25H2,1-6H3,(H,26,27);1H/t20-;/m0./s1. The first-order chi connectivity index (χ1) is 13.0. The van der Waals surface area contributed by atoms with Gasteiger partial charge in [0.15, 0.2) is 0 Å². The summed E-state index contributed by atoms with van der Waals surface area (Å²) in [7, 11) is 0. The minimum Gasteiger partial charge on any atom is -0.507 e. The number of hydrogen-bond donors (Lipinski definition) is 3. The van der Waals surface area contributed by atoms with E-state index in [9.17, 15) is 5.11 Å². The van der Waals surface area contributed by atoms with Gasteiger partial charge in [-0.25, -0.2) is 4.98 Å². The smallest absolute Gasteiger partial charge is 0.123 e. The largest absolute Gasteiger partial charge is 0.507 e. The quantitative estimate of drug-likeness (QED) is 0.540. The number of imidazole rings is 1. The molecule has 5 heteroatoms. The average molecular weight is 420 g/mol. The van der Waals surface area contributed by atoms with E-state index in [-0.39, 0.29) is 29.3 Å². The van der Waals surface area contributed by atoms with Crippen molar-refractivity contribution >= 4 is 12.4 Å². The molecule has 1 aromatic heterocycles. The molecule has 1 aliphatic rings. The van der Waals surface area contributed by atoms with Crippen LogP contribution in [0.15, 0.2) is 18.3 Å². The molecule has 29 heavy (non-hydrogen) atoms. The summed E-state index contributed by atoms with van der Waals surface area (Å²) in [6.45, 7) is 12.8. The number of rotatable bonds is 3. The van der Waals surface area contributed by atoms with Crippen molar-refractivity contribution in [2.24, 2.45) is 11.7 Å². The van der Waals surface area contributed by atoms with Crippen LogP contribution in [0.3, 0.4) is 0 Å². The molecule has 0 unspecified atom stereocenters. The second kappa shape index (κ2) is 8.69. The number of nitrogens with one attached hydrogen (secondary N) is 1. The molecule has 0 aliphatic heterocycles. The van der Waals surface area contributed by atoms with Gasteiger partial charge in [-0.3, -0.25) is 0 Å². The lowest BCUT2D eigenvalue weighted by atomic mass is 9.78. The number of nitrogens with two attached hydrogens (primary N) is 1. The third-order valence-corrected chi connectivity index (χ3v) is 6.11. The predicted octanol–water partition coefficient (Wildman–Crippen LogP) is 6.38. The van der Waals surface area contributed by atoms with Crippen molar-refractivity contribution in [3.05, 3.63) is 35.3 Å². The van der Waals surface area contributed by atoms with Crippen LogP contribution in [0.2, 0.25) is 0 Å². The summed E-state index contributed by atoms with van der Waals surface area (Å²) in [6, 6.07) is 4.15. The number of H-pyrrole nitrogens is 1. The summed E-state index contributed by atoms with van der Waals surface area (Å²) in [5, 5.41) is 10.9. The Morgan fingerprint density at radius 2 is 1.52 bits per heavy atom. The maximum Gasteiger partial charge on any atom is 0.123 e. The number of nitrogens with zero attached hydrogens (tertiary/aromatic N) is 1. The molecule has 1 aliphatic carbocycles. The van der Waals surface area contributed by atoms with E-state index in [4.69, 9.17) is 5.73 Å². The van der Waals surface area contributed by atoms with Crippen LogP contribution in [0.1, 0.15) is 96.6 Å². The van der Waals surface area contributed by atoms with Crippen molar-refractivity contribution in [1.82, 2.24) is 9.97 Å². The van der Waals surface area contributed by atoms with Gasteiger partial charge in [0.2, 0.25) is 0 Å². The van der Waals surface area contributed by atoms with Crippen LogP contribution in [0.4, 0.5) is 0 Å². The highest BCUT2D eigenvalue weighted by Gasteiger charge is 2.28. The normalized spacial score (nSPS) is 17.1. The molecule has 2 aromatic rings. The molecular weight excluding hydrogens is 382 g/mol. The molecule has 0 radical (unpaired) electrons. The Hall–Kier alpha value is -1.52. The van der Waals surface area contributed by atoms with Crippen LogP contribution < -0.4 is 5.73 Å². The van der Waals surface area contributed by atoms with Crippen molar-refractivity contribution in [3.8, 4) is 17.0 Å². The second-order valence-corrected chi connectivity index (χ2v) is 10.5. The first kappa shape index (κ1) is 23.8. The van der Waals surface area contributed by atoms with Crippen molar-refractivity contribution in [2.45, 2.75) is 90.5 Å². The SMILES string of the molecule is CC(C)(C)c1cc(-c2cnc([C@@H](N)C3CCCCC3)[nH]2)cc(C(C)(C)C)c1O.Cl. The van der Waals surface area contributed by atoms with Crippen LogP contribution >= 0.6 is 12.4 Å². The highest BCUT2D eigenvalue weighted by molar-refractivity contribution is 5.85. The topological polar surface area (TPSA) is 74.9 Å². The number of aromatic amines is 1. The molecule has 1 fully saturated rings. The Morgan fingerprint density at radius 3 is 2.00 bits per heavy atom. The molecule has 3 rings (SSSR count). The third-order valence-electron chi connectivity index (χ3n) is 6.11. The van der Waals surface area contributed by atoms with E-state index in [0.29, 0.717) is 11.7 Å². The predicted molar refractivity (Wildman–Crippen MR) is 124 cm³/mol. The zero-order valence-electron chi connectivity index (χ0n) is 18.8. The molecule has 4 nitrogen and oxygen atoms in total. The van der Waals surface area contributed by atoms with E-state index in [1.807, 2.05) is 6.20 Å². The van der Waals surface area contributed by atoms with Crippen LogP contribution in [0.5, 0.6) is 5.75 Å². The Balaban J connectivity index is 0.00000300. The first-order valence-electron chi connectivity index (χ1n) is 10.7. The van der Waals surface area contributed by atoms with Gasteiger partial charge in [-0.1, -0.05) is 60.8 Å². The van der Waals surface area contributed by atoms with Crippen molar-refractivity contribution < 1.29 is 5.11 Å². The molecule has 1 atom stereocenters. The van der Waals surface area contributed by atoms with Gasteiger partial charge in [0.25, 0.3) is 0 Å². The van der Waals surface area contributed by atoms with Crippen LogP contribution in [-0.2, 0) is 10.8 Å². The van der Waals surface area contributed by atoms with E-state index in [1.165, 1.54) is 32.1 Å². The Kier molecular flexibility index (Phi) is 7.12. The second-order valence-electron chi connectivity index (χ2n) is 10.5. The lowest BCUT2D eigenvalue weighted by Crippen LogP contribution is -2.24. The number of aromatic hydroxyl groups is 1. The number of halogens is 1. The summed E-state index contributed by atoms with van der Waals surface area (Å²) in [4.78, 5) is 8.12. The van der Waals surface area contributed by atoms with E-state index >= 15 is 0 Å². The summed E-state index contributed by atoms with van der Waals surface area (Å²) < 4.78 is 0. The summed E-state index contributed by atoms with van der Waals surface area (Å²) >= 11 is 0. The van der Waals surface area contributed by atoms with Gasteiger partial charge >= 0.3 is 0 Å². The lowest BCUT2D eigenvalue weighted by molar-refractivity contribution is 0.302. The maximum atomic E-state index is 10.9. The van der Waals surface area contributed by atoms with Gasteiger partial charge in [0.05, 0.1) is 17.9 Å². The van der Waals surface area contributed by atoms with Crippen molar-refractivity contribution in [1.29, 1.82) is 0 Å². The molecule has 0 bridgehead atoms. The number of phenolic OH excluding ortho intramolecular Hbond substituents is 1. The molecule has 0 spiro atoms. The maximum absolute atomic E-state index is 10.9. The van der Waals surface area contributed by atoms with Crippen LogP contribution in [-0.4, -0.2) is 15.1 Å². The van der Waals surface area contributed by atoms with Crippen LogP contribution in [0.25, 0.3) is 11.3 Å². The highest BCUT2D eigenvalue weighted by Crippen LogP contribution is 2.42. The van der Waals surface area contributed by atoms with E-state index in [0.717, 1.165) is 28.2 Å². The fourth-order valence-electron chi connectivity index (χ4n) is 4.30. The zero-order valence-corrected chi connectivity index (χ0v) is 19.6. The molecule has 1 heterocycles. The Labute approximate surface area is 182 Å². The molecular formula is C24H38ClN3O. The van der Waals surface area contributed by atoms with E-state index in [1.54, 1.807) is 0 Å². The Bertz CT molecular complexity index is 788. The minimum atomic E-state index is -0.151. The summed E-state index contributed by atoms with van der Waals surface area (Å²) in [5.74, 6) is 1.80.